The van der Waals surface area contributed by atoms with Gasteiger partial charge in [-0.05, 0) is 12.5 Å². The third kappa shape index (κ3) is 3.13. The lowest BCUT2D eigenvalue weighted by Gasteiger charge is -2.16. The van der Waals surface area contributed by atoms with Crippen molar-refractivity contribution in [3.63, 3.8) is 0 Å². The molecule has 18 heavy (non-hydrogen) atoms. The fourth-order valence-electron chi connectivity index (χ4n) is 1.80. The summed E-state index contributed by atoms with van der Waals surface area (Å²) in [5, 5.41) is 0.877. The van der Waals surface area contributed by atoms with Gasteiger partial charge in [0.2, 0.25) is 5.91 Å². The summed E-state index contributed by atoms with van der Waals surface area (Å²) >= 11 is 1.65. The number of nitrogens with zero attached hydrogens (tertiary/aromatic N) is 2. The van der Waals surface area contributed by atoms with E-state index in [0.717, 1.165) is 24.0 Å². The molecule has 96 valence electrons. The molecule has 1 aromatic carbocycles. The molecule has 0 radical (unpaired) electrons. The molecule has 0 atom stereocenters. The lowest BCUT2D eigenvalue weighted by molar-refractivity contribution is -0.126. The van der Waals surface area contributed by atoms with Gasteiger partial charge in [0.15, 0.2) is 5.17 Å². The molecular formula is C14H18N2OS. The van der Waals surface area contributed by atoms with Crippen molar-refractivity contribution in [2.45, 2.75) is 26.0 Å². The zero-order valence-corrected chi connectivity index (χ0v) is 11.7. The summed E-state index contributed by atoms with van der Waals surface area (Å²) in [5.41, 5.74) is 2.54. The van der Waals surface area contributed by atoms with Gasteiger partial charge in [0.25, 0.3) is 0 Å². The van der Waals surface area contributed by atoms with Crippen LogP contribution in [0.25, 0.3) is 0 Å². The first kappa shape index (κ1) is 13.1. The molecule has 2 rings (SSSR count). The standard InChI is InChI=1S/C14H18N2OS/c1-3-13(17)16-9-8-15-14(16)18-10-12-6-4-11(2)5-7-12/h4-7H,3,8-10H2,1-2H3. The molecule has 1 aliphatic heterocycles. The topological polar surface area (TPSA) is 32.7 Å². The smallest absolute Gasteiger partial charge is 0.228 e. The third-order valence-corrected chi connectivity index (χ3v) is 3.98. The first-order valence-electron chi connectivity index (χ1n) is 6.24. The SMILES string of the molecule is CCC(=O)N1CCN=C1SCc1ccc(C)cc1. The molecular weight excluding hydrogens is 244 g/mol. The molecule has 0 bridgehead atoms. The van der Waals surface area contributed by atoms with Crippen molar-refractivity contribution in [2.24, 2.45) is 4.99 Å². The number of thioether (sulfide) groups is 1. The van der Waals surface area contributed by atoms with Crippen molar-refractivity contribution >= 4 is 22.8 Å². The van der Waals surface area contributed by atoms with E-state index in [4.69, 9.17) is 0 Å². The average molecular weight is 262 g/mol. The van der Waals surface area contributed by atoms with Crippen LogP contribution in [0.5, 0.6) is 0 Å². The van der Waals surface area contributed by atoms with Gasteiger partial charge >= 0.3 is 0 Å². The van der Waals surface area contributed by atoms with Crippen molar-refractivity contribution < 1.29 is 4.79 Å². The summed E-state index contributed by atoms with van der Waals surface area (Å²) in [5.74, 6) is 1.04. The van der Waals surface area contributed by atoms with E-state index >= 15 is 0 Å². The molecule has 0 unspecified atom stereocenters. The maximum absolute atomic E-state index is 11.7. The van der Waals surface area contributed by atoms with Gasteiger partial charge in [-0.3, -0.25) is 14.7 Å². The van der Waals surface area contributed by atoms with Gasteiger partial charge in [-0.25, -0.2) is 0 Å². The minimum absolute atomic E-state index is 0.169. The highest BCUT2D eigenvalue weighted by Gasteiger charge is 2.22. The lowest BCUT2D eigenvalue weighted by Crippen LogP contribution is -2.32. The number of rotatable bonds is 3. The van der Waals surface area contributed by atoms with E-state index in [9.17, 15) is 4.79 Å². The number of aryl methyl sites for hydroxylation is 1. The molecule has 0 N–H and O–H groups in total. The molecule has 1 aromatic rings. The molecule has 0 fully saturated rings. The molecule has 1 heterocycles. The predicted octanol–water partition coefficient (Wildman–Crippen LogP) is 2.84. The lowest BCUT2D eigenvalue weighted by atomic mass is 10.2. The van der Waals surface area contributed by atoms with Crippen LogP contribution in [0, 0.1) is 6.92 Å². The van der Waals surface area contributed by atoms with Crippen LogP contribution in [-0.2, 0) is 10.5 Å². The zero-order chi connectivity index (χ0) is 13.0. The van der Waals surface area contributed by atoms with Crippen LogP contribution in [0.15, 0.2) is 29.3 Å². The maximum Gasteiger partial charge on any atom is 0.228 e. The second-order valence-corrected chi connectivity index (χ2v) is 5.28. The van der Waals surface area contributed by atoms with E-state index in [1.54, 1.807) is 16.7 Å². The quantitative estimate of drug-likeness (QED) is 0.839. The molecule has 3 nitrogen and oxygen atoms in total. The van der Waals surface area contributed by atoms with Crippen molar-refractivity contribution in [1.29, 1.82) is 0 Å². The summed E-state index contributed by atoms with van der Waals surface area (Å²) in [6, 6.07) is 8.48. The van der Waals surface area contributed by atoms with Crippen molar-refractivity contribution in [1.82, 2.24) is 4.90 Å². The fraction of sp³-hybridized carbons (Fsp3) is 0.429. The average Bonchev–Trinajstić information content (AvgIpc) is 2.85. The number of hydrogen-bond acceptors (Lipinski definition) is 3. The van der Waals surface area contributed by atoms with Crippen LogP contribution >= 0.6 is 11.8 Å². The number of carbonyl (C=O) groups is 1. The summed E-state index contributed by atoms with van der Waals surface area (Å²) < 4.78 is 0. The van der Waals surface area contributed by atoms with E-state index in [2.05, 4.69) is 36.2 Å². The molecule has 0 saturated carbocycles. The fourth-order valence-corrected chi connectivity index (χ4v) is 2.82. The highest BCUT2D eigenvalue weighted by Crippen LogP contribution is 2.20. The number of amidine groups is 1. The van der Waals surface area contributed by atoms with Crippen LogP contribution in [0.1, 0.15) is 24.5 Å². The minimum atomic E-state index is 0.169. The van der Waals surface area contributed by atoms with E-state index < -0.39 is 0 Å². The summed E-state index contributed by atoms with van der Waals surface area (Å²) in [6.07, 6.45) is 0.546. The van der Waals surface area contributed by atoms with Crippen LogP contribution < -0.4 is 0 Å². The Hall–Kier alpha value is -1.29. The van der Waals surface area contributed by atoms with Gasteiger partial charge in [-0.1, -0.05) is 48.5 Å². The Kier molecular flexibility index (Phi) is 4.42. The van der Waals surface area contributed by atoms with Gasteiger partial charge in [0, 0.05) is 18.7 Å². The Bertz CT molecular complexity index is 453. The number of benzene rings is 1. The van der Waals surface area contributed by atoms with Crippen LogP contribution in [-0.4, -0.2) is 29.1 Å². The van der Waals surface area contributed by atoms with E-state index in [1.807, 2.05) is 6.92 Å². The summed E-state index contributed by atoms with van der Waals surface area (Å²) in [7, 11) is 0. The van der Waals surface area contributed by atoms with Crippen LogP contribution in [0.2, 0.25) is 0 Å². The summed E-state index contributed by atoms with van der Waals surface area (Å²) in [6.45, 7) is 5.45. The first-order chi connectivity index (χ1) is 8.70. The van der Waals surface area contributed by atoms with Crippen LogP contribution in [0.3, 0.4) is 0 Å². The third-order valence-electron chi connectivity index (χ3n) is 2.89. The van der Waals surface area contributed by atoms with E-state index in [-0.39, 0.29) is 5.91 Å². The Balaban J connectivity index is 1.93. The highest BCUT2D eigenvalue weighted by atomic mass is 32.2. The Morgan fingerprint density at radius 3 is 2.78 bits per heavy atom. The molecule has 4 heteroatoms. The number of amides is 1. The Labute approximate surface area is 112 Å². The largest absolute Gasteiger partial charge is 0.290 e. The molecule has 1 amide bonds. The molecule has 0 aromatic heterocycles. The van der Waals surface area contributed by atoms with Crippen molar-refractivity contribution in [3.05, 3.63) is 35.4 Å². The van der Waals surface area contributed by atoms with E-state index in [1.165, 1.54) is 11.1 Å². The monoisotopic (exact) mass is 262 g/mol. The number of aliphatic imine (C=N–C) groups is 1. The number of hydrogen-bond donors (Lipinski definition) is 0. The second kappa shape index (κ2) is 6.05. The molecule has 1 aliphatic rings. The van der Waals surface area contributed by atoms with Gasteiger partial charge < -0.3 is 0 Å². The van der Waals surface area contributed by atoms with E-state index in [0.29, 0.717) is 6.42 Å². The van der Waals surface area contributed by atoms with Crippen molar-refractivity contribution in [2.75, 3.05) is 13.1 Å². The molecule has 0 spiro atoms. The van der Waals surface area contributed by atoms with Gasteiger partial charge in [0.1, 0.15) is 0 Å². The zero-order valence-electron chi connectivity index (χ0n) is 10.8. The highest BCUT2D eigenvalue weighted by molar-refractivity contribution is 8.13. The first-order valence-corrected chi connectivity index (χ1v) is 7.22. The predicted molar refractivity (Wildman–Crippen MR) is 76.8 cm³/mol. The number of carbonyl (C=O) groups excluding carboxylic acids is 1. The molecule has 0 aliphatic carbocycles. The second-order valence-electron chi connectivity index (χ2n) is 4.34. The normalized spacial score (nSPS) is 14.8. The van der Waals surface area contributed by atoms with Gasteiger partial charge in [-0.2, -0.15) is 0 Å². The maximum atomic E-state index is 11.7. The minimum Gasteiger partial charge on any atom is -0.290 e. The molecule has 0 saturated heterocycles. The Morgan fingerprint density at radius 2 is 2.11 bits per heavy atom. The van der Waals surface area contributed by atoms with Gasteiger partial charge in [-0.15, -0.1) is 0 Å². The Morgan fingerprint density at radius 1 is 1.39 bits per heavy atom. The van der Waals surface area contributed by atoms with Gasteiger partial charge in [0.05, 0.1) is 6.54 Å². The van der Waals surface area contributed by atoms with Crippen molar-refractivity contribution in [3.8, 4) is 0 Å². The summed E-state index contributed by atoms with van der Waals surface area (Å²) in [4.78, 5) is 17.9. The van der Waals surface area contributed by atoms with Crippen LogP contribution in [0.4, 0.5) is 0 Å².